The van der Waals surface area contributed by atoms with Crippen molar-refractivity contribution in [1.29, 1.82) is 0 Å². The zero-order valence-corrected chi connectivity index (χ0v) is 19.0. The normalized spacial score (nSPS) is 12.0. The molecule has 2 amide bonds. The second kappa shape index (κ2) is 9.29. The standard InChI is InChI=1S/C20H25BrN6O3/c1-5-26-11-16(18(25-26)20(29)22-9-15-7-6-8-30-15)23-19(28)12(2)10-27-14(4)17(21)13(3)24-27/h6-8,11-12H,5,9-10H2,1-4H3,(H,22,29)(H,23,28). The highest BCUT2D eigenvalue weighted by atomic mass is 79.9. The Bertz CT molecular complexity index is 1040. The van der Waals surface area contributed by atoms with E-state index in [9.17, 15) is 9.59 Å². The summed E-state index contributed by atoms with van der Waals surface area (Å²) in [6, 6.07) is 3.52. The number of rotatable bonds is 8. The van der Waals surface area contributed by atoms with Gasteiger partial charge in [-0.05, 0) is 48.8 Å². The lowest BCUT2D eigenvalue weighted by Crippen LogP contribution is -2.28. The molecule has 0 fully saturated rings. The van der Waals surface area contributed by atoms with Gasteiger partial charge in [0.2, 0.25) is 5.91 Å². The first-order chi connectivity index (χ1) is 14.3. The lowest BCUT2D eigenvalue weighted by Gasteiger charge is -2.13. The summed E-state index contributed by atoms with van der Waals surface area (Å²) in [6.45, 7) is 8.82. The minimum Gasteiger partial charge on any atom is -0.467 e. The fraction of sp³-hybridized carbons (Fsp3) is 0.400. The molecule has 30 heavy (non-hydrogen) atoms. The number of carbonyl (C=O) groups is 2. The topological polar surface area (TPSA) is 107 Å². The van der Waals surface area contributed by atoms with Crippen LogP contribution in [-0.4, -0.2) is 31.4 Å². The third-order valence-electron chi connectivity index (χ3n) is 4.75. The molecule has 0 radical (unpaired) electrons. The number of amides is 2. The summed E-state index contributed by atoms with van der Waals surface area (Å²) in [5, 5.41) is 14.3. The van der Waals surface area contributed by atoms with E-state index in [1.807, 2.05) is 27.7 Å². The fourth-order valence-corrected chi connectivity index (χ4v) is 3.24. The van der Waals surface area contributed by atoms with Crippen LogP contribution in [0.15, 0.2) is 33.5 Å². The fourth-order valence-electron chi connectivity index (χ4n) is 2.96. The maximum Gasteiger partial charge on any atom is 0.274 e. The SMILES string of the molecule is CCn1cc(NC(=O)C(C)Cn2nc(C)c(Br)c2C)c(C(=O)NCc2ccco2)n1. The van der Waals surface area contributed by atoms with Gasteiger partial charge in [0.1, 0.15) is 5.76 Å². The Morgan fingerprint density at radius 2 is 2.07 bits per heavy atom. The van der Waals surface area contributed by atoms with Crippen LogP contribution in [0.25, 0.3) is 0 Å². The van der Waals surface area contributed by atoms with E-state index in [4.69, 9.17) is 4.42 Å². The molecular weight excluding hydrogens is 452 g/mol. The van der Waals surface area contributed by atoms with Gasteiger partial charge in [0, 0.05) is 18.4 Å². The van der Waals surface area contributed by atoms with Crippen LogP contribution in [0, 0.1) is 19.8 Å². The Kier molecular flexibility index (Phi) is 6.76. The predicted octanol–water partition coefficient (Wildman–Crippen LogP) is 3.28. The van der Waals surface area contributed by atoms with Crippen molar-refractivity contribution in [3.8, 4) is 0 Å². The Morgan fingerprint density at radius 1 is 1.30 bits per heavy atom. The molecule has 10 heteroatoms. The van der Waals surface area contributed by atoms with Crippen LogP contribution in [0.2, 0.25) is 0 Å². The smallest absolute Gasteiger partial charge is 0.274 e. The van der Waals surface area contributed by atoms with E-state index in [0.29, 0.717) is 24.5 Å². The number of hydrogen-bond donors (Lipinski definition) is 2. The summed E-state index contributed by atoms with van der Waals surface area (Å²) < 4.78 is 9.58. The van der Waals surface area contributed by atoms with Gasteiger partial charge in [-0.15, -0.1) is 0 Å². The Labute approximate surface area is 182 Å². The molecule has 1 unspecified atom stereocenters. The zero-order valence-electron chi connectivity index (χ0n) is 17.4. The highest BCUT2D eigenvalue weighted by Crippen LogP contribution is 2.21. The number of carbonyl (C=O) groups excluding carboxylic acids is 2. The zero-order chi connectivity index (χ0) is 21.8. The highest BCUT2D eigenvalue weighted by molar-refractivity contribution is 9.10. The molecule has 0 saturated carbocycles. The van der Waals surface area contributed by atoms with Crippen LogP contribution in [0.1, 0.15) is 41.5 Å². The Hall–Kier alpha value is -2.88. The van der Waals surface area contributed by atoms with E-state index in [2.05, 4.69) is 36.8 Å². The molecule has 0 saturated heterocycles. The van der Waals surface area contributed by atoms with Crippen LogP contribution in [0.3, 0.4) is 0 Å². The lowest BCUT2D eigenvalue weighted by atomic mass is 10.1. The lowest BCUT2D eigenvalue weighted by molar-refractivity contribution is -0.119. The first-order valence-electron chi connectivity index (χ1n) is 9.68. The van der Waals surface area contributed by atoms with E-state index >= 15 is 0 Å². The van der Waals surface area contributed by atoms with Crippen LogP contribution < -0.4 is 10.6 Å². The molecule has 3 aromatic heterocycles. The van der Waals surface area contributed by atoms with Gasteiger partial charge in [0.15, 0.2) is 5.69 Å². The molecule has 0 aliphatic heterocycles. The number of aromatic nitrogens is 4. The van der Waals surface area contributed by atoms with Gasteiger partial charge in [-0.2, -0.15) is 10.2 Å². The van der Waals surface area contributed by atoms with Crippen molar-refractivity contribution in [3.05, 3.63) is 51.9 Å². The van der Waals surface area contributed by atoms with Gasteiger partial charge in [-0.1, -0.05) is 6.92 Å². The third kappa shape index (κ3) is 4.81. The maximum absolute atomic E-state index is 12.8. The molecule has 9 nitrogen and oxygen atoms in total. The quantitative estimate of drug-likeness (QED) is 0.518. The molecule has 0 aromatic carbocycles. The number of furan rings is 1. The van der Waals surface area contributed by atoms with Crippen LogP contribution in [0.5, 0.6) is 0 Å². The average Bonchev–Trinajstić information content (AvgIpc) is 3.44. The number of halogens is 1. The molecular formula is C20H25BrN6O3. The first-order valence-corrected chi connectivity index (χ1v) is 10.5. The summed E-state index contributed by atoms with van der Waals surface area (Å²) in [7, 11) is 0. The van der Waals surface area contributed by atoms with Crippen molar-refractivity contribution < 1.29 is 14.0 Å². The van der Waals surface area contributed by atoms with E-state index in [-0.39, 0.29) is 30.0 Å². The maximum atomic E-state index is 12.8. The van der Waals surface area contributed by atoms with Gasteiger partial charge in [-0.3, -0.25) is 19.0 Å². The molecule has 1 atom stereocenters. The summed E-state index contributed by atoms with van der Waals surface area (Å²) in [5.74, 6) is -0.328. The molecule has 0 aliphatic rings. The number of nitrogens with one attached hydrogen (secondary N) is 2. The van der Waals surface area contributed by atoms with Gasteiger partial charge < -0.3 is 15.1 Å². The summed E-state index contributed by atoms with van der Waals surface area (Å²) >= 11 is 3.50. The van der Waals surface area contributed by atoms with E-state index in [1.165, 1.54) is 0 Å². The minimum atomic E-state index is -0.385. The molecule has 0 aliphatic carbocycles. The number of hydrogen-bond acceptors (Lipinski definition) is 5. The molecule has 2 N–H and O–H groups in total. The van der Waals surface area contributed by atoms with Crippen LogP contribution in [0.4, 0.5) is 5.69 Å². The van der Waals surface area contributed by atoms with Gasteiger partial charge in [0.05, 0.1) is 41.1 Å². The largest absolute Gasteiger partial charge is 0.467 e. The average molecular weight is 477 g/mol. The molecule has 160 valence electrons. The summed E-state index contributed by atoms with van der Waals surface area (Å²) in [5.41, 5.74) is 2.38. The first kappa shape index (κ1) is 21.8. The third-order valence-corrected chi connectivity index (χ3v) is 5.90. The van der Waals surface area contributed by atoms with Crippen molar-refractivity contribution in [1.82, 2.24) is 24.9 Å². The predicted molar refractivity (Wildman–Crippen MR) is 115 cm³/mol. The van der Waals surface area contributed by atoms with E-state index in [0.717, 1.165) is 15.9 Å². The second-order valence-corrected chi connectivity index (χ2v) is 7.86. The van der Waals surface area contributed by atoms with Crippen molar-refractivity contribution >= 4 is 33.4 Å². The molecule has 3 rings (SSSR count). The summed E-state index contributed by atoms with van der Waals surface area (Å²) in [6.07, 6.45) is 3.20. The monoisotopic (exact) mass is 476 g/mol. The van der Waals surface area contributed by atoms with Crippen molar-refractivity contribution in [3.63, 3.8) is 0 Å². The summed E-state index contributed by atoms with van der Waals surface area (Å²) in [4.78, 5) is 25.4. The molecule has 3 aromatic rings. The Morgan fingerprint density at radius 3 is 2.67 bits per heavy atom. The van der Waals surface area contributed by atoms with E-state index in [1.54, 1.807) is 34.0 Å². The van der Waals surface area contributed by atoms with Crippen molar-refractivity contribution in [2.45, 2.75) is 47.3 Å². The van der Waals surface area contributed by atoms with E-state index < -0.39 is 0 Å². The number of aryl methyl sites for hydroxylation is 2. The molecule has 0 bridgehead atoms. The van der Waals surface area contributed by atoms with Crippen molar-refractivity contribution in [2.75, 3.05) is 5.32 Å². The Balaban J connectivity index is 1.69. The number of anilines is 1. The molecule has 0 spiro atoms. The van der Waals surface area contributed by atoms with Crippen LogP contribution in [-0.2, 0) is 24.4 Å². The van der Waals surface area contributed by atoms with Gasteiger partial charge in [0.25, 0.3) is 5.91 Å². The molecule has 3 heterocycles. The minimum absolute atomic E-state index is 0.165. The van der Waals surface area contributed by atoms with Gasteiger partial charge >= 0.3 is 0 Å². The van der Waals surface area contributed by atoms with Crippen LogP contribution >= 0.6 is 15.9 Å². The highest BCUT2D eigenvalue weighted by Gasteiger charge is 2.22. The van der Waals surface area contributed by atoms with Gasteiger partial charge in [-0.25, -0.2) is 0 Å². The van der Waals surface area contributed by atoms with Crippen molar-refractivity contribution in [2.24, 2.45) is 5.92 Å². The number of nitrogens with zero attached hydrogens (tertiary/aromatic N) is 4. The second-order valence-electron chi connectivity index (χ2n) is 7.07.